The minimum Gasteiger partial charge on any atom is -0.494 e. The molecule has 0 aromatic heterocycles. The first-order valence-electron chi connectivity index (χ1n) is 15.6. The Balaban J connectivity index is 1.44. The lowest BCUT2D eigenvalue weighted by molar-refractivity contribution is -0.156. The molecule has 236 valence electrons. The van der Waals surface area contributed by atoms with Crippen LogP contribution >= 0.6 is 0 Å². The van der Waals surface area contributed by atoms with Crippen LogP contribution in [0.3, 0.4) is 0 Å². The maximum absolute atomic E-state index is 13.7. The number of benzene rings is 3. The molecule has 1 saturated carbocycles. The second-order valence-corrected chi connectivity index (χ2v) is 11.3. The van der Waals surface area contributed by atoms with Crippen LogP contribution in [0.4, 0.5) is 5.69 Å². The molecule has 1 aliphatic rings. The van der Waals surface area contributed by atoms with Crippen molar-refractivity contribution in [3.63, 3.8) is 0 Å². The predicted molar refractivity (Wildman–Crippen MR) is 172 cm³/mol. The van der Waals surface area contributed by atoms with Gasteiger partial charge in [0.05, 0.1) is 18.8 Å². The van der Waals surface area contributed by atoms with Gasteiger partial charge in [-0.25, -0.2) is 9.86 Å². The van der Waals surface area contributed by atoms with Gasteiger partial charge in [-0.05, 0) is 85.8 Å². The zero-order valence-electron chi connectivity index (χ0n) is 26.0. The average Bonchev–Trinajstić information content (AvgIpc) is 3.57. The molecule has 0 bridgehead atoms. The largest absolute Gasteiger partial charge is 0.494 e. The van der Waals surface area contributed by atoms with E-state index in [1.165, 1.54) is 5.06 Å². The maximum atomic E-state index is 13.7. The van der Waals surface area contributed by atoms with Crippen molar-refractivity contribution in [3.05, 3.63) is 90.0 Å². The van der Waals surface area contributed by atoms with E-state index in [2.05, 4.69) is 18.7 Å². The summed E-state index contributed by atoms with van der Waals surface area (Å²) in [4.78, 5) is 34.6. The molecule has 9 nitrogen and oxygen atoms in total. The molecule has 44 heavy (non-hydrogen) atoms. The minimum atomic E-state index is -2.19. The second-order valence-electron chi connectivity index (χ2n) is 11.3. The summed E-state index contributed by atoms with van der Waals surface area (Å²) < 4.78 is 11.8. The third-order valence-corrected chi connectivity index (χ3v) is 8.27. The van der Waals surface area contributed by atoms with Crippen molar-refractivity contribution in [2.45, 2.75) is 58.1 Å². The van der Waals surface area contributed by atoms with E-state index in [-0.39, 0.29) is 5.56 Å². The fourth-order valence-corrected chi connectivity index (χ4v) is 5.44. The number of hydroxylamine groups is 1. The quantitative estimate of drug-likeness (QED) is 0.123. The van der Waals surface area contributed by atoms with E-state index in [9.17, 15) is 9.59 Å². The lowest BCUT2D eigenvalue weighted by Crippen LogP contribution is -2.57. The van der Waals surface area contributed by atoms with E-state index in [1.807, 2.05) is 54.6 Å². The van der Waals surface area contributed by atoms with Gasteiger partial charge in [-0.3, -0.25) is 4.79 Å². The van der Waals surface area contributed by atoms with Crippen molar-refractivity contribution in [3.8, 4) is 11.5 Å². The smallest absolute Gasteiger partial charge is 0.366 e. The fourth-order valence-electron chi connectivity index (χ4n) is 5.44. The molecule has 1 fully saturated rings. The van der Waals surface area contributed by atoms with Crippen LogP contribution in [-0.4, -0.2) is 49.6 Å². The van der Waals surface area contributed by atoms with Gasteiger partial charge in [0.1, 0.15) is 18.1 Å². The first-order valence-corrected chi connectivity index (χ1v) is 15.6. The number of nitrogens with zero attached hydrogens (tertiary/aromatic N) is 2. The summed E-state index contributed by atoms with van der Waals surface area (Å²) in [5.74, 6) is -0.302. The van der Waals surface area contributed by atoms with E-state index >= 15 is 0 Å². The Hall–Kier alpha value is -4.08. The molecule has 0 heterocycles. The molecule has 4 N–H and O–H groups in total. The molecule has 1 amide bonds. The maximum Gasteiger partial charge on any atom is 0.366 e. The van der Waals surface area contributed by atoms with Gasteiger partial charge in [0.15, 0.2) is 0 Å². The van der Waals surface area contributed by atoms with Crippen LogP contribution in [-0.2, 0) is 26.6 Å². The van der Waals surface area contributed by atoms with Crippen LogP contribution < -0.4 is 26.0 Å². The Labute approximate surface area is 261 Å². The third-order valence-electron chi connectivity index (χ3n) is 8.27. The van der Waals surface area contributed by atoms with Gasteiger partial charge in [-0.15, -0.1) is 0 Å². The van der Waals surface area contributed by atoms with Gasteiger partial charge in [0.2, 0.25) is 5.54 Å². The molecule has 3 aromatic carbocycles. The van der Waals surface area contributed by atoms with Gasteiger partial charge in [0.25, 0.3) is 5.91 Å². The average molecular weight is 603 g/mol. The summed E-state index contributed by atoms with van der Waals surface area (Å²) >= 11 is 0. The molecule has 0 radical (unpaired) electrons. The number of nitrogens with two attached hydrogens (primary N) is 2. The van der Waals surface area contributed by atoms with Crippen LogP contribution in [0.1, 0.15) is 57.1 Å². The normalized spacial score (nSPS) is 14.6. The van der Waals surface area contributed by atoms with Gasteiger partial charge in [0, 0.05) is 6.54 Å². The SMILES string of the molecule is CCN(CC)CCCOc1ccc(N(CC2CCCC2)OC(=O)[C@](N)(C(N)=O)c2ccc(OCc3ccccc3)cc2)cc1. The van der Waals surface area contributed by atoms with Crippen LogP contribution in [0.15, 0.2) is 78.9 Å². The van der Waals surface area contributed by atoms with Crippen LogP contribution in [0.2, 0.25) is 0 Å². The number of hydrogen-bond donors (Lipinski definition) is 2. The molecular weight excluding hydrogens is 556 g/mol. The highest BCUT2D eigenvalue weighted by Gasteiger charge is 2.45. The molecule has 0 aliphatic heterocycles. The van der Waals surface area contributed by atoms with Gasteiger partial charge in [-0.2, -0.15) is 0 Å². The lowest BCUT2D eigenvalue weighted by atomic mass is 9.90. The molecule has 4 rings (SSSR count). The standard InChI is InChI=1S/C35H46N4O5/c1-3-38(4-2)23-10-24-42-31-21-17-30(18-22-31)39(25-27-11-8-9-12-27)44-34(41)35(37,33(36)40)29-15-19-32(20-16-29)43-26-28-13-6-5-7-14-28/h5-7,13-22,27H,3-4,8-12,23-26,37H2,1-2H3,(H2,36,40)/t35-/m1/s1. The Kier molecular flexibility index (Phi) is 12.0. The van der Waals surface area contributed by atoms with Gasteiger partial charge in [-0.1, -0.05) is 69.2 Å². The highest BCUT2D eigenvalue weighted by Crippen LogP contribution is 2.30. The van der Waals surface area contributed by atoms with Crippen molar-refractivity contribution in [2.24, 2.45) is 17.4 Å². The number of hydrogen-bond acceptors (Lipinski definition) is 8. The van der Waals surface area contributed by atoms with E-state index in [0.717, 1.165) is 63.1 Å². The minimum absolute atomic E-state index is 0.219. The zero-order chi connectivity index (χ0) is 31.4. The Bertz CT molecular complexity index is 1310. The lowest BCUT2D eigenvalue weighted by Gasteiger charge is -2.31. The molecule has 9 heteroatoms. The van der Waals surface area contributed by atoms with E-state index in [1.54, 1.807) is 24.3 Å². The molecule has 0 spiro atoms. The van der Waals surface area contributed by atoms with Crippen molar-refractivity contribution >= 4 is 17.6 Å². The summed E-state index contributed by atoms with van der Waals surface area (Å²) in [7, 11) is 0. The molecule has 3 aromatic rings. The summed E-state index contributed by atoms with van der Waals surface area (Å²) in [5, 5.41) is 1.53. The van der Waals surface area contributed by atoms with E-state index in [0.29, 0.717) is 37.1 Å². The van der Waals surface area contributed by atoms with Crippen molar-refractivity contribution in [2.75, 3.05) is 37.8 Å². The number of carbonyl (C=O) groups is 2. The second kappa shape index (κ2) is 16.1. The monoisotopic (exact) mass is 602 g/mol. The first-order chi connectivity index (χ1) is 21.3. The van der Waals surface area contributed by atoms with Crippen LogP contribution in [0.5, 0.6) is 11.5 Å². The van der Waals surface area contributed by atoms with E-state index in [4.69, 9.17) is 25.8 Å². The van der Waals surface area contributed by atoms with Crippen molar-refractivity contribution < 1.29 is 23.9 Å². The van der Waals surface area contributed by atoms with Gasteiger partial charge < -0.3 is 30.7 Å². The van der Waals surface area contributed by atoms with Crippen molar-refractivity contribution in [1.82, 2.24) is 4.90 Å². The Morgan fingerprint density at radius 1 is 0.864 bits per heavy atom. The van der Waals surface area contributed by atoms with Gasteiger partial charge >= 0.3 is 5.97 Å². The first kappa shape index (κ1) is 32.8. The number of ether oxygens (including phenoxy) is 2. The Morgan fingerprint density at radius 3 is 2.09 bits per heavy atom. The van der Waals surface area contributed by atoms with Crippen molar-refractivity contribution in [1.29, 1.82) is 0 Å². The topological polar surface area (TPSA) is 120 Å². The highest BCUT2D eigenvalue weighted by atomic mass is 16.7. The zero-order valence-corrected chi connectivity index (χ0v) is 26.0. The Morgan fingerprint density at radius 2 is 1.48 bits per heavy atom. The molecule has 1 atom stereocenters. The number of carbonyl (C=O) groups excluding carboxylic acids is 2. The summed E-state index contributed by atoms with van der Waals surface area (Å²) in [6.45, 7) is 8.82. The number of primary amides is 1. The van der Waals surface area contributed by atoms with Crippen LogP contribution in [0, 0.1) is 5.92 Å². The third kappa shape index (κ3) is 8.74. The van der Waals surface area contributed by atoms with E-state index < -0.39 is 17.4 Å². The molecular formula is C35H46N4O5. The summed E-state index contributed by atoms with van der Waals surface area (Å²) in [6, 6.07) is 23.6. The number of amides is 1. The summed E-state index contributed by atoms with van der Waals surface area (Å²) in [5.41, 5.74) is 11.9. The molecule has 1 aliphatic carbocycles. The molecule has 0 saturated heterocycles. The van der Waals surface area contributed by atoms with Crippen LogP contribution in [0.25, 0.3) is 0 Å². The molecule has 0 unspecified atom stereocenters. The summed E-state index contributed by atoms with van der Waals surface area (Å²) in [6.07, 6.45) is 5.27. The predicted octanol–water partition coefficient (Wildman–Crippen LogP) is 5.17. The number of anilines is 1. The number of rotatable bonds is 17. The highest BCUT2D eigenvalue weighted by molar-refractivity contribution is 6.07. The fraction of sp³-hybridized carbons (Fsp3) is 0.429.